The van der Waals surface area contributed by atoms with E-state index in [1.165, 1.54) is 0 Å². The van der Waals surface area contributed by atoms with Crippen molar-refractivity contribution in [2.75, 3.05) is 0 Å². The largest absolute Gasteiger partial charge is 0.324 e. The molecule has 0 heterocycles. The molecule has 0 fully saturated rings. The minimum absolute atomic E-state index is 0.144. The average Bonchev–Trinajstić information content (AvgIpc) is 2.41. The summed E-state index contributed by atoms with van der Waals surface area (Å²) in [5.74, 6) is -0.144. The van der Waals surface area contributed by atoms with E-state index in [1.54, 1.807) is 6.07 Å². The summed E-state index contributed by atoms with van der Waals surface area (Å²) < 4.78 is 13.7. The van der Waals surface area contributed by atoms with Crippen LogP contribution in [0.4, 0.5) is 4.39 Å². The van der Waals surface area contributed by atoms with Gasteiger partial charge in [-0.05, 0) is 40.5 Å². The Hall–Kier alpha value is -1.93. The standard InChI is InChI=1S/C18H20FN/c1-3-15-9-8-14(11-18(15)19)10-17(20)12-16-7-5-4-6-13(16)2/h4-9,11-12,17H,2-3,10,20H2,1H3/b16-12-. The van der Waals surface area contributed by atoms with E-state index in [2.05, 4.69) is 6.58 Å². The molecular weight excluding hydrogens is 249 g/mol. The van der Waals surface area contributed by atoms with Crippen molar-refractivity contribution in [1.82, 2.24) is 0 Å². The Bertz CT molecular complexity index is 691. The smallest absolute Gasteiger partial charge is 0.126 e. The molecule has 1 atom stereocenters. The molecule has 0 aliphatic carbocycles. The van der Waals surface area contributed by atoms with Gasteiger partial charge in [-0.15, -0.1) is 0 Å². The van der Waals surface area contributed by atoms with Gasteiger partial charge in [0.05, 0.1) is 0 Å². The summed E-state index contributed by atoms with van der Waals surface area (Å²) in [5.41, 5.74) is 7.79. The fourth-order valence-electron chi connectivity index (χ4n) is 2.26. The van der Waals surface area contributed by atoms with Gasteiger partial charge in [-0.1, -0.05) is 56.0 Å². The van der Waals surface area contributed by atoms with E-state index in [-0.39, 0.29) is 11.9 Å². The normalized spacial score (nSPS) is 13.4. The number of hydrogen-bond acceptors (Lipinski definition) is 1. The predicted molar refractivity (Wildman–Crippen MR) is 83.1 cm³/mol. The van der Waals surface area contributed by atoms with Crippen LogP contribution >= 0.6 is 0 Å². The number of benzene rings is 2. The third-order valence-corrected chi connectivity index (χ3v) is 3.42. The molecule has 2 heteroatoms. The van der Waals surface area contributed by atoms with Crippen LogP contribution in [0, 0.1) is 5.82 Å². The van der Waals surface area contributed by atoms with E-state index in [0.29, 0.717) is 12.8 Å². The second-order valence-electron chi connectivity index (χ2n) is 5.01. The maximum Gasteiger partial charge on any atom is 0.126 e. The van der Waals surface area contributed by atoms with Crippen LogP contribution in [0.25, 0.3) is 12.7 Å². The molecule has 2 N–H and O–H groups in total. The molecule has 20 heavy (non-hydrogen) atoms. The van der Waals surface area contributed by atoms with Crippen molar-refractivity contribution in [3.05, 3.63) is 69.8 Å². The Kier molecular flexibility index (Phi) is 4.70. The van der Waals surface area contributed by atoms with Gasteiger partial charge in [0.15, 0.2) is 0 Å². The number of hydrogen-bond donors (Lipinski definition) is 1. The number of aryl methyl sites for hydroxylation is 1. The summed E-state index contributed by atoms with van der Waals surface area (Å²) in [4.78, 5) is 0. The van der Waals surface area contributed by atoms with Gasteiger partial charge in [0, 0.05) is 6.04 Å². The van der Waals surface area contributed by atoms with E-state index in [1.807, 2.05) is 49.4 Å². The number of nitrogens with two attached hydrogens (primary N) is 1. The predicted octanol–water partition coefficient (Wildman–Crippen LogP) is 2.15. The van der Waals surface area contributed by atoms with Crippen LogP contribution in [0.2, 0.25) is 0 Å². The van der Waals surface area contributed by atoms with Crippen molar-refractivity contribution in [2.45, 2.75) is 25.8 Å². The fraction of sp³-hybridized carbons (Fsp3) is 0.222. The molecule has 0 amide bonds. The molecule has 2 rings (SSSR count). The molecular formula is C18H20FN. The van der Waals surface area contributed by atoms with Crippen molar-refractivity contribution in [3.8, 4) is 0 Å². The molecule has 0 aromatic heterocycles. The van der Waals surface area contributed by atoms with Gasteiger partial charge >= 0.3 is 0 Å². The van der Waals surface area contributed by atoms with E-state index < -0.39 is 0 Å². The van der Waals surface area contributed by atoms with Crippen LogP contribution in [0.1, 0.15) is 18.1 Å². The lowest BCUT2D eigenvalue weighted by atomic mass is 10.0. The monoisotopic (exact) mass is 269 g/mol. The van der Waals surface area contributed by atoms with Gasteiger partial charge in [-0.25, -0.2) is 4.39 Å². The Morgan fingerprint density at radius 1 is 1.25 bits per heavy atom. The summed E-state index contributed by atoms with van der Waals surface area (Å²) in [5, 5.41) is 1.99. The zero-order chi connectivity index (χ0) is 14.5. The maximum atomic E-state index is 13.7. The molecule has 104 valence electrons. The Labute approximate surface area is 119 Å². The third kappa shape index (κ3) is 3.55. The summed E-state index contributed by atoms with van der Waals surface area (Å²) in [6.45, 7) is 5.92. The highest BCUT2D eigenvalue weighted by Crippen LogP contribution is 2.12. The first-order valence-corrected chi connectivity index (χ1v) is 6.89. The zero-order valence-electron chi connectivity index (χ0n) is 11.8. The van der Waals surface area contributed by atoms with E-state index in [9.17, 15) is 4.39 Å². The fourth-order valence-corrected chi connectivity index (χ4v) is 2.26. The highest BCUT2D eigenvalue weighted by Gasteiger charge is 2.05. The molecule has 0 aliphatic rings. The highest BCUT2D eigenvalue weighted by molar-refractivity contribution is 5.34. The Morgan fingerprint density at radius 3 is 2.65 bits per heavy atom. The number of rotatable bonds is 4. The quantitative estimate of drug-likeness (QED) is 0.904. The van der Waals surface area contributed by atoms with E-state index >= 15 is 0 Å². The first-order valence-electron chi connectivity index (χ1n) is 6.89. The molecule has 0 aliphatic heterocycles. The Morgan fingerprint density at radius 2 is 2.00 bits per heavy atom. The number of halogens is 1. The van der Waals surface area contributed by atoms with Gasteiger partial charge in [-0.3, -0.25) is 0 Å². The molecule has 1 nitrogen and oxygen atoms in total. The molecule has 0 radical (unpaired) electrons. The first kappa shape index (κ1) is 14.5. The summed E-state index contributed by atoms with van der Waals surface area (Å²) in [7, 11) is 0. The van der Waals surface area contributed by atoms with Gasteiger partial charge in [0.25, 0.3) is 0 Å². The topological polar surface area (TPSA) is 26.0 Å². The van der Waals surface area contributed by atoms with Crippen molar-refractivity contribution in [3.63, 3.8) is 0 Å². The second kappa shape index (κ2) is 6.49. The van der Waals surface area contributed by atoms with Crippen LogP contribution in [0.5, 0.6) is 0 Å². The highest BCUT2D eigenvalue weighted by atomic mass is 19.1. The lowest BCUT2D eigenvalue weighted by Gasteiger charge is -2.08. The lowest BCUT2D eigenvalue weighted by Crippen LogP contribution is -2.29. The first-order chi connectivity index (χ1) is 9.60. The third-order valence-electron chi connectivity index (χ3n) is 3.42. The summed E-state index contributed by atoms with van der Waals surface area (Å²) in [6, 6.07) is 13.1. The summed E-state index contributed by atoms with van der Waals surface area (Å²) >= 11 is 0. The van der Waals surface area contributed by atoms with Crippen LogP contribution in [-0.4, -0.2) is 6.04 Å². The minimum atomic E-state index is -0.148. The zero-order valence-corrected chi connectivity index (χ0v) is 11.8. The molecule has 0 saturated heterocycles. The average molecular weight is 269 g/mol. The van der Waals surface area contributed by atoms with Crippen LogP contribution in [0.15, 0.2) is 42.5 Å². The van der Waals surface area contributed by atoms with Crippen molar-refractivity contribution in [2.24, 2.45) is 5.73 Å². The van der Waals surface area contributed by atoms with Crippen LogP contribution < -0.4 is 16.2 Å². The van der Waals surface area contributed by atoms with Gasteiger partial charge in [0.2, 0.25) is 0 Å². The van der Waals surface area contributed by atoms with E-state index in [0.717, 1.165) is 21.6 Å². The molecule has 1 unspecified atom stereocenters. The molecule has 0 spiro atoms. The Balaban J connectivity index is 2.18. The van der Waals surface area contributed by atoms with Gasteiger partial charge in [-0.2, -0.15) is 0 Å². The van der Waals surface area contributed by atoms with Crippen molar-refractivity contribution in [1.29, 1.82) is 0 Å². The van der Waals surface area contributed by atoms with Gasteiger partial charge in [0.1, 0.15) is 5.82 Å². The second-order valence-corrected chi connectivity index (χ2v) is 5.01. The molecule has 2 aromatic rings. The van der Waals surface area contributed by atoms with Crippen LogP contribution in [-0.2, 0) is 12.8 Å². The maximum absolute atomic E-state index is 13.7. The van der Waals surface area contributed by atoms with Crippen molar-refractivity contribution >= 4 is 12.7 Å². The lowest BCUT2D eigenvalue weighted by molar-refractivity contribution is 0.609. The minimum Gasteiger partial charge on any atom is -0.324 e. The molecule has 0 saturated carbocycles. The molecule has 0 bridgehead atoms. The van der Waals surface area contributed by atoms with Gasteiger partial charge < -0.3 is 5.73 Å². The van der Waals surface area contributed by atoms with E-state index in [4.69, 9.17) is 5.73 Å². The SMILES string of the molecule is C=c1cccc/c1=C/C(N)Cc1ccc(CC)c(F)c1. The van der Waals surface area contributed by atoms with Crippen LogP contribution in [0.3, 0.4) is 0 Å². The van der Waals surface area contributed by atoms with Crippen molar-refractivity contribution < 1.29 is 4.39 Å². The molecule has 2 aromatic carbocycles. The summed E-state index contributed by atoms with van der Waals surface area (Å²) in [6.07, 6.45) is 3.31.